The Kier molecular flexibility index (Phi) is 4.92. The van der Waals surface area contributed by atoms with E-state index in [-0.39, 0.29) is 0 Å². The SMILES string of the molecule is COc1ccc(CN2CCC(c3nnc4n3CCNC4)CC2)c(Cl)c1. The van der Waals surface area contributed by atoms with E-state index in [0.29, 0.717) is 5.92 Å². The van der Waals surface area contributed by atoms with Crippen molar-refractivity contribution in [3.63, 3.8) is 0 Å². The molecular formula is C18H24ClN5O. The number of methoxy groups -OCH3 is 1. The van der Waals surface area contributed by atoms with Crippen LogP contribution in [-0.2, 0) is 19.6 Å². The Bertz CT molecular complexity index is 739. The maximum absolute atomic E-state index is 6.38. The zero-order chi connectivity index (χ0) is 17.2. The highest BCUT2D eigenvalue weighted by Gasteiger charge is 2.27. The molecule has 1 saturated heterocycles. The fourth-order valence-electron chi connectivity index (χ4n) is 3.79. The maximum atomic E-state index is 6.38. The molecule has 2 aromatic rings. The lowest BCUT2D eigenvalue weighted by Gasteiger charge is -2.32. The van der Waals surface area contributed by atoms with Crippen LogP contribution in [-0.4, -0.2) is 46.4 Å². The fraction of sp³-hybridized carbons (Fsp3) is 0.556. The third-order valence-corrected chi connectivity index (χ3v) is 5.61. The van der Waals surface area contributed by atoms with Gasteiger partial charge in [-0.15, -0.1) is 10.2 Å². The Balaban J connectivity index is 1.38. The van der Waals surface area contributed by atoms with Gasteiger partial charge in [-0.3, -0.25) is 4.90 Å². The van der Waals surface area contributed by atoms with E-state index >= 15 is 0 Å². The molecule has 4 rings (SSSR count). The van der Waals surface area contributed by atoms with E-state index < -0.39 is 0 Å². The molecule has 0 radical (unpaired) electrons. The number of hydrogen-bond donors (Lipinski definition) is 1. The number of benzene rings is 1. The molecule has 2 aliphatic rings. The van der Waals surface area contributed by atoms with Crippen molar-refractivity contribution in [3.05, 3.63) is 40.4 Å². The van der Waals surface area contributed by atoms with Gasteiger partial charge >= 0.3 is 0 Å². The maximum Gasteiger partial charge on any atom is 0.147 e. The van der Waals surface area contributed by atoms with Gasteiger partial charge in [-0.25, -0.2) is 0 Å². The van der Waals surface area contributed by atoms with Crippen molar-refractivity contribution < 1.29 is 4.74 Å². The molecule has 0 bridgehead atoms. The van der Waals surface area contributed by atoms with E-state index in [2.05, 4.69) is 31.0 Å². The van der Waals surface area contributed by atoms with Crippen LogP contribution >= 0.6 is 11.6 Å². The molecule has 25 heavy (non-hydrogen) atoms. The third-order valence-electron chi connectivity index (χ3n) is 5.26. The van der Waals surface area contributed by atoms with Crippen LogP contribution in [0.25, 0.3) is 0 Å². The number of hydrogen-bond acceptors (Lipinski definition) is 5. The highest BCUT2D eigenvalue weighted by Crippen LogP contribution is 2.30. The van der Waals surface area contributed by atoms with Crippen LogP contribution in [0.2, 0.25) is 5.02 Å². The van der Waals surface area contributed by atoms with E-state index in [4.69, 9.17) is 16.3 Å². The minimum Gasteiger partial charge on any atom is -0.497 e. The Morgan fingerprint density at radius 3 is 2.84 bits per heavy atom. The highest BCUT2D eigenvalue weighted by molar-refractivity contribution is 6.31. The molecular weight excluding hydrogens is 338 g/mol. The molecule has 0 spiro atoms. The molecule has 1 aromatic heterocycles. The molecule has 134 valence electrons. The summed E-state index contributed by atoms with van der Waals surface area (Å²) in [7, 11) is 1.66. The number of nitrogens with one attached hydrogen (secondary N) is 1. The number of piperidine rings is 1. The van der Waals surface area contributed by atoms with Crippen LogP contribution in [0, 0.1) is 0 Å². The lowest BCUT2D eigenvalue weighted by Crippen LogP contribution is -2.34. The van der Waals surface area contributed by atoms with E-state index in [0.717, 1.165) is 74.3 Å². The Morgan fingerprint density at radius 1 is 1.24 bits per heavy atom. The molecule has 0 unspecified atom stereocenters. The van der Waals surface area contributed by atoms with Crippen LogP contribution in [0.5, 0.6) is 5.75 Å². The Hall–Kier alpha value is -1.63. The molecule has 3 heterocycles. The second-order valence-corrected chi connectivity index (χ2v) is 7.22. The molecule has 1 N–H and O–H groups in total. The number of fused-ring (bicyclic) bond motifs is 1. The number of rotatable bonds is 4. The summed E-state index contributed by atoms with van der Waals surface area (Å²) >= 11 is 6.38. The molecule has 2 aliphatic heterocycles. The molecule has 6 nitrogen and oxygen atoms in total. The predicted molar refractivity (Wildman–Crippen MR) is 97.0 cm³/mol. The molecule has 0 aliphatic carbocycles. The number of halogens is 1. The fourth-order valence-corrected chi connectivity index (χ4v) is 4.02. The van der Waals surface area contributed by atoms with Crippen LogP contribution in [0.4, 0.5) is 0 Å². The van der Waals surface area contributed by atoms with Crippen molar-refractivity contribution in [1.29, 1.82) is 0 Å². The number of ether oxygens (including phenoxy) is 1. The average Bonchev–Trinajstić information content (AvgIpc) is 3.08. The summed E-state index contributed by atoms with van der Waals surface area (Å²) in [6.07, 6.45) is 2.25. The predicted octanol–water partition coefficient (Wildman–Crippen LogP) is 2.42. The molecule has 0 atom stereocenters. The van der Waals surface area contributed by atoms with Crippen LogP contribution in [0.3, 0.4) is 0 Å². The monoisotopic (exact) mass is 361 g/mol. The van der Waals surface area contributed by atoms with Gasteiger partial charge in [0.25, 0.3) is 0 Å². The van der Waals surface area contributed by atoms with Crippen molar-refractivity contribution in [3.8, 4) is 5.75 Å². The Morgan fingerprint density at radius 2 is 2.08 bits per heavy atom. The zero-order valence-electron chi connectivity index (χ0n) is 14.5. The van der Waals surface area contributed by atoms with Crippen molar-refractivity contribution in [1.82, 2.24) is 25.0 Å². The molecule has 0 amide bonds. The highest BCUT2D eigenvalue weighted by atomic mass is 35.5. The number of nitrogens with zero attached hydrogens (tertiary/aromatic N) is 4. The van der Waals surface area contributed by atoms with Gasteiger partial charge < -0.3 is 14.6 Å². The van der Waals surface area contributed by atoms with Gasteiger partial charge in [-0.1, -0.05) is 17.7 Å². The first-order chi connectivity index (χ1) is 12.2. The second kappa shape index (κ2) is 7.32. The topological polar surface area (TPSA) is 55.2 Å². The lowest BCUT2D eigenvalue weighted by atomic mass is 9.95. The van der Waals surface area contributed by atoms with Crippen LogP contribution in [0.1, 0.15) is 36.0 Å². The van der Waals surface area contributed by atoms with Gasteiger partial charge in [0.05, 0.1) is 13.7 Å². The van der Waals surface area contributed by atoms with Crippen LogP contribution in [0.15, 0.2) is 18.2 Å². The van der Waals surface area contributed by atoms with Crippen molar-refractivity contribution >= 4 is 11.6 Å². The van der Waals surface area contributed by atoms with E-state index in [1.165, 1.54) is 5.82 Å². The lowest BCUT2D eigenvalue weighted by molar-refractivity contribution is 0.199. The molecule has 0 saturated carbocycles. The second-order valence-electron chi connectivity index (χ2n) is 6.81. The van der Waals surface area contributed by atoms with Gasteiger partial charge in [-0.2, -0.15) is 0 Å². The zero-order valence-corrected chi connectivity index (χ0v) is 15.3. The van der Waals surface area contributed by atoms with Crippen molar-refractivity contribution in [2.45, 2.75) is 38.4 Å². The summed E-state index contributed by atoms with van der Waals surface area (Å²) in [5.41, 5.74) is 1.16. The molecule has 7 heteroatoms. The molecule has 1 fully saturated rings. The summed E-state index contributed by atoms with van der Waals surface area (Å²) in [6, 6.07) is 5.93. The summed E-state index contributed by atoms with van der Waals surface area (Å²) in [4.78, 5) is 2.47. The number of aromatic nitrogens is 3. The van der Waals surface area contributed by atoms with Gasteiger partial charge in [0, 0.05) is 30.6 Å². The van der Waals surface area contributed by atoms with Gasteiger partial charge in [0.1, 0.15) is 17.4 Å². The largest absolute Gasteiger partial charge is 0.497 e. The first-order valence-electron chi connectivity index (χ1n) is 8.92. The van der Waals surface area contributed by atoms with Gasteiger partial charge in [-0.05, 0) is 43.6 Å². The van der Waals surface area contributed by atoms with Crippen LogP contribution < -0.4 is 10.1 Å². The quantitative estimate of drug-likeness (QED) is 0.906. The summed E-state index contributed by atoms with van der Waals surface area (Å²) in [5.74, 6) is 3.58. The average molecular weight is 362 g/mol. The van der Waals surface area contributed by atoms with Gasteiger partial charge in [0.2, 0.25) is 0 Å². The smallest absolute Gasteiger partial charge is 0.147 e. The minimum absolute atomic E-state index is 0.516. The first-order valence-corrected chi connectivity index (χ1v) is 9.30. The first kappa shape index (κ1) is 16.8. The standard InChI is InChI=1S/C18H24ClN5O/c1-25-15-3-2-14(16(19)10-15)12-23-7-4-13(5-8-23)18-22-21-17-11-20-6-9-24(17)18/h2-3,10,13,20H,4-9,11-12H2,1H3. The summed E-state index contributed by atoms with van der Waals surface area (Å²) in [5, 5.41) is 13.0. The normalized spacial score (nSPS) is 19.0. The van der Waals surface area contributed by atoms with E-state index in [9.17, 15) is 0 Å². The van der Waals surface area contributed by atoms with E-state index in [1.54, 1.807) is 7.11 Å². The third kappa shape index (κ3) is 3.52. The van der Waals surface area contributed by atoms with Gasteiger partial charge in [0.15, 0.2) is 0 Å². The number of likely N-dealkylation sites (tertiary alicyclic amines) is 1. The Labute approximate surface area is 153 Å². The minimum atomic E-state index is 0.516. The van der Waals surface area contributed by atoms with Crippen molar-refractivity contribution in [2.24, 2.45) is 0 Å². The summed E-state index contributed by atoms with van der Waals surface area (Å²) in [6.45, 7) is 5.84. The van der Waals surface area contributed by atoms with Crippen molar-refractivity contribution in [2.75, 3.05) is 26.7 Å². The van der Waals surface area contributed by atoms with E-state index in [1.807, 2.05) is 12.1 Å². The summed E-state index contributed by atoms with van der Waals surface area (Å²) < 4.78 is 7.54. The molecule has 1 aromatic carbocycles.